The van der Waals surface area contributed by atoms with Gasteiger partial charge in [-0.1, -0.05) is 6.92 Å². The van der Waals surface area contributed by atoms with Crippen molar-refractivity contribution in [1.82, 2.24) is 20.0 Å². The van der Waals surface area contributed by atoms with Crippen LogP contribution in [0, 0.1) is 0 Å². The maximum atomic E-state index is 12.0. The van der Waals surface area contributed by atoms with Gasteiger partial charge in [-0.3, -0.25) is 4.90 Å². The van der Waals surface area contributed by atoms with Gasteiger partial charge in [-0.15, -0.1) is 0 Å². The summed E-state index contributed by atoms with van der Waals surface area (Å²) in [5.41, 5.74) is 0. The summed E-state index contributed by atoms with van der Waals surface area (Å²) in [7, 11) is 1.65. The van der Waals surface area contributed by atoms with E-state index in [0.29, 0.717) is 19.2 Å². The number of hydrogen-bond acceptors (Lipinski definition) is 4. The van der Waals surface area contributed by atoms with Crippen LogP contribution >= 0.6 is 0 Å². The van der Waals surface area contributed by atoms with Gasteiger partial charge >= 0.3 is 6.03 Å². The number of urea groups is 1. The number of hydrogen-bond donors (Lipinski definition) is 1. The molecule has 0 spiro atoms. The van der Waals surface area contributed by atoms with Crippen LogP contribution in [-0.2, 0) is 4.74 Å². The quantitative estimate of drug-likeness (QED) is 0.738. The molecule has 2 heterocycles. The molecular formula is C16H32N4O2. The first-order valence-corrected chi connectivity index (χ1v) is 8.72. The Bertz CT molecular complexity index is 324. The van der Waals surface area contributed by atoms with E-state index < -0.39 is 0 Å². The van der Waals surface area contributed by atoms with Crippen LogP contribution < -0.4 is 5.32 Å². The number of nitrogens with zero attached hydrogens (tertiary/aromatic N) is 3. The van der Waals surface area contributed by atoms with Crippen LogP contribution in [0.5, 0.6) is 0 Å². The lowest BCUT2D eigenvalue weighted by atomic mass is 10.0. The van der Waals surface area contributed by atoms with Gasteiger partial charge in [0.2, 0.25) is 0 Å². The number of methoxy groups -OCH3 is 1. The molecule has 2 aliphatic heterocycles. The van der Waals surface area contributed by atoms with E-state index in [1.165, 1.54) is 38.9 Å². The summed E-state index contributed by atoms with van der Waals surface area (Å²) in [6, 6.07) is 0.765. The SMILES string of the molecule is CCCN1CCC(N2CCN(C(=O)NCCOC)CC2)CC1. The molecule has 1 N–H and O–H groups in total. The Morgan fingerprint density at radius 3 is 2.41 bits per heavy atom. The van der Waals surface area contributed by atoms with Crippen LogP contribution in [-0.4, -0.2) is 92.8 Å². The fourth-order valence-corrected chi connectivity index (χ4v) is 3.49. The first-order chi connectivity index (χ1) is 10.7. The second kappa shape index (κ2) is 9.33. The Morgan fingerprint density at radius 2 is 1.82 bits per heavy atom. The van der Waals surface area contributed by atoms with Gasteiger partial charge < -0.3 is 19.9 Å². The molecule has 0 aliphatic carbocycles. The third-order valence-electron chi connectivity index (χ3n) is 4.80. The van der Waals surface area contributed by atoms with Crippen LogP contribution in [0.1, 0.15) is 26.2 Å². The highest BCUT2D eigenvalue weighted by molar-refractivity contribution is 5.74. The molecule has 2 fully saturated rings. The van der Waals surface area contributed by atoms with Gasteiger partial charge in [-0.2, -0.15) is 0 Å². The molecule has 2 saturated heterocycles. The molecule has 0 saturated carbocycles. The summed E-state index contributed by atoms with van der Waals surface area (Å²) in [4.78, 5) is 19.1. The zero-order valence-corrected chi connectivity index (χ0v) is 14.2. The third kappa shape index (κ3) is 5.11. The Kier molecular flexibility index (Phi) is 7.42. The second-order valence-electron chi connectivity index (χ2n) is 6.32. The lowest BCUT2D eigenvalue weighted by Gasteiger charge is -2.42. The van der Waals surface area contributed by atoms with Gasteiger partial charge in [-0.05, 0) is 38.9 Å². The summed E-state index contributed by atoms with van der Waals surface area (Å²) in [5.74, 6) is 0. The van der Waals surface area contributed by atoms with E-state index in [4.69, 9.17) is 4.74 Å². The molecule has 2 rings (SSSR count). The Labute approximate surface area is 134 Å². The van der Waals surface area contributed by atoms with Crippen molar-refractivity contribution in [3.05, 3.63) is 0 Å². The van der Waals surface area contributed by atoms with E-state index in [0.717, 1.165) is 26.2 Å². The standard InChI is InChI=1S/C16H32N4O2/c1-3-7-18-8-4-15(5-9-18)19-10-12-20(13-11-19)16(21)17-6-14-22-2/h15H,3-14H2,1-2H3,(H,17,21). The lowest BCUT2D eigenvalue weighted by Crippen LogP contribution is -2.56. The van der Waals surface area contributed by atoms with Gasteiger partial charge in [0.05, 0.1) is 6.61 Å². The number of amides is 2. The van der Waals surface area contributed by atoms with Crippen LogP contribution in [0.4, 0.5) is 4.79 Å². The highest BCUT2D eigenvalue weighted by Gasteiger charge is 2.28. The van der Waals surface area contributed by atoms with Crippen molar-refractivity contribution in [2.45, 2.75) is 32.2 Å². The largest absolute Gasteiger partial charge is 0.383 e. The lowest BCUT2D eigenvalue weighted by molar-refractivity contribution is 0.0685. The molecule has 2 amide bonds. The van der Waals surface area contributed by atoms with Gasteiger partial charge in [0.25, 0.3) is 0 Å². The fraction of sp³-hybridized carbons (Fsp3) is 0.938. The zero-order valence-electron chi connectivity index (χ0n) is 14.2. The topological polar surface area (TPSA) is 48.0 Å². The van der Waals surface area contributed by atoms with Crippen molar-refractivity contribution in [3.8, 4) is 0 Å². The molecule has 6 heteroatoms. The molecule has 0 aromatic carbocycles. The molecule has 0 bridgehead atoms. The minimum atomic E-state index is 0.0504. The van der Waals surface area contributed by atoms with E-state index in [2.05, 4.69) is 22.0 Å². The summed E-state index contributed by atoms with van der Waals surface area (Å²) >= 11 is 0. The minimum absolute atomic E-state index is 0.0504. The average Bonchev–Trinajstić information content (AvgIpc) is 2.56. The fourth-order valence-electron chi connectivity index (χ4n) is 3.49. The number of carbonyl (C=O) groups is 1. The monoisotopic (exact) mass is 312 g/mol. The molecule has 0 radical (unpaired) electrons. The van der Waals surface area contributed by atoms with Crippen LogP contribution in [0.15, 0.2) is 0 Å². The van der Waals surface area contributed by atoms with Crippen molar-refractivity contribution in [2.24, 2.45) is 0 Å². The predicted octanol–water partition coefficient (Wildman–Crippen LogP) is 0.834. The van der Waals surface area contributed by atoms with E-state index in [-0.39, 0.29) is 6.03 Å². The first-order valence-electron chi connectivity index (χ1n) is 8.72. The van der Waals surface area contributed by atoms with Gasteiger partial charge in [0, 0.05) is 45.9 Å². The molecule has 0 aromatic rings. The number of piperidine rings is 1. The molecule has 2 aliphatic rings. The molecule has 0 aromatic heterocycles. The smallest absolute Gasteiger partial charge is 0.317 e. The normalized spacial score (nSPS) is 22.0. The highest BCUT2D eigenvalue weighted by Crippen LogP contribution is 2.18. The van der Waals surface area contributed by atoms with Gasteiger partial charge in [-0.25, -0.2) is 4.79 Å². The second-order valence-corrected chi connectivity index (χ2v) is 6.32. The van der Waals surface area contributed by atoms with Crippen LogP contribution in [0.25, 0.3) is 0 Å². The van der Waals surface area contributed by atoms with E-state index in [1.807, 2.05) is 4.90 Å². The van der Waals surface area contributed by atoms with Gasteiger partial charge in [0.15, 0.2) is 0 Å². The van der Waals surface area contributed by atoms with Gasteiger partial charge in [0.1, 0.15) is 0 Å². The van der Waals surface area contributed by atoms with E-state index >= 15 is 0 Å². The van der Waals surface area contributed by atoms with E-state index in [9.17, 15) is 4.79 Å². The van der Waals surface area contributed by atoms with E-state index in [1.54, 1.807) is 7.11 Å². The number of likely N-dealkylation sites (tertiary alicyclic amines) is 1. The third-order valence-corrected chi connectivity index (χ3v) is 4.80. The summed E-state index contributed by atoms with van der Waals surface area (Å²) in [6.07, 6.45) is 3.81. The maximum Gasteiger partial charge on any atom is 0.317 e. The van der Waals surface area contributed by atoms with Crippen molar-refractivity contribution in [1.29, 1.82) is 0 Å². The van der Waals surface area contributed by atoms with Crippen LogP contribution in [0.2, 0.25) is 0 Å². The zero-order chi connectivity index (χ0) is 15.8. The Morgan fingerprint density at radius 1 is 1.14 bits per heavy atom. The summed E-state index contributed by atoms with van der Waals surface area (Å²) in [5, 5.41) is 2.90. The number of carbonyl (C=O) groups excluding carboxylic acids is 1. The number of nitrogens with one attached hydrogen (secondary N) is 1. The summed E-state index contributed by atoms with van der Waals surface area (Å²) < 4.78 is 4.96. The Hall–Kier alpha value is -0.850. The van der Waals surface area contributed by atoms with Crippen molar-refractivity contribution >= 4 is 6.03 Å². The predicted molar refractivity (Wildman–Crippen MR) is 88.2 cm³/mol. The average molecular weight is 312 g/mol. The first kappa shape index (κ1) is 17.5. The van der Waals surface area contributed by atoms with Crippen molar-refractivity contribution < 1.29 is 9.53 Å². The molecule has 6 nitrogen and oxygen atoms in total. The number of piperazine rings is 1. The Balaban J connectivity index is 1.66. The van der Waals surface area contributed by atoms with Crippen molar-refractivity contribution in [2.75, 3.05) is 66.1 Å². The number of ether oxygens (including phenoxy) is 1. The number of rotatable bonds is 6. The van der Waals surface area contributed by atoms with Crippen LogP contribution in [0.3, 0.4) is 0 Å². The minimum Gasteiger partial charge on any atom is -0.383 e. The maximum absolute atomic E-state index is 12.0. The molecule has 22 heavy (non-hydrogen) atoms. The molecule has 128 valence electrons. The summed E-state index contributed by atoms with van der Waals surface area (Å²) in [6.45, 7) is 10.8. The highest BCUT2D eigenvalue weighted by atomic mass is 16.5. The molecule has 0 atom stereocenters. The molecule has 0 unspecified atom stereocenters. The van der Waals surface area contributed by atoms with Crippen molar-refractivity contribution in [3.63, 3.8) is 0 Å². The molecular weight excluding hydrogens is 280 g/mol.